The highest BCUT2D eigenvalue weighted by atomic mass is 19.1. The Morgan fingerprint density at radius 2 is 1.84 bits per heavy atom. The van der Waals surface area contributed by atoms with Crippen LogP contribution in [0.15, 0.2) is 24.3 Å². The highest BCUT2D eigenvalue weighted by Crippen LogP contribution is 2.28. The van der Waals surface area contributed by atoms with Crippen molar-refractivity contribution in [1.29, 1.82) is 0 Å². The number of benzene rings is 1. The van der Waals surface area contributed by atoms with Crippen LogP contribution in [0.4, 0.5) is 10.1 Å². The number of para-hydroxylation sites is 1. The Balaban J connectivity index is 2.02. The maximum Gasteiger partial charge on any atom is 0.146 e. The fraction of sp³-hybridized carbons (Fsp3) is 0.625. The molecule has 1 aliphatic carbocycles. The third-order valence-electron chi connectivity index (χ3n) is 4.13. The Morgan fingerprint density at radius 1 is 1.16 bits per heavy atom. The molecule has 0 heterocycles. The second-order valence-corrected chi connectivity index (χ2v) is 5.30. The third-order valence-corrected chi connectivity index (χ3v) is 4.13. The van der Waals surface area contributed by atoms with E-state index in [1.165, 1.54) is 12.8 Å². The monoisotopic (exact) mass is 264 g/mol. The van der Waals surface area contributed by atoms with Gasteiger partial charge in [-0.05, 0) is 51.3 Å². The molecule has 1 saturated carbocycles. The molecule has 0 saturated heterocycles. The maximum absolute atomic E-state index is 13.9. The quantitative estimate of drug-likeness (QED) is 0.874. The van der Waals surface area contributed by atoms with Crippen molar-refractivity contribution in [3.8, 4) is 0 Å². The summed E-state index contributed by atoms with van der Waals surface area (Å²) in [7, 11) is 0. The summed E-state index contributed by atoms with van der Waals surface area (Å²) in [6, 6.07) is 8.27. The van der Waals surface area contributed by atoms with E-state index in [1.807, 2.05) is 12.1 Å². The zero-order chi connectivity index (χ0) is 13.7. The molecule has 2 rings (SSSR count). The molecule has 0 bridgehead atoms. The first-order valence-electron chi connectivity index (χ1n) is 7.50. The third kappa shape index (κ3) is 3.47. The molecule has 1 fully saturated rings. The normalized spacial score (nSPS) is 23.3. The fourth-order valence-corrected chi connectivity index (χ4v) is 3.19. The van der Waals surface area contributed by atoms with E-state index < -0.39 is 0 Å². The molecule has 0 radical (unpaired) electrons. The number of hydrogen-bond donors (Lipinski definition) is 1. The molecule has 106 valence electrons. The Bertz CT molecular complexity index is 386. The summed E-state index contributed by atoms with van der Waals surface area (Å²) in [6.45, 7) is 6.18. The molecule has 2 nitrogen and oxygen atoms in total. The summed E-state index contributed by atoms with van der Waals surface area (Å²) in [5, 5.41) is 3.52. The largest absolute Gasteiger partial charge is 0.366 e. The molecular weight excluding hydrogens is 239 g/mol. The van der Waals surface area contributed by atoms with E-state index >= 15 is 0 Å². The minimum atomic E-state index is -0.0989. The molecule has 0 atom stereocenters. The van der Waals surface area contributed by atoms with Crippen molar-refractivity contribution < 1.29 is 4.39 Å². The topological polar surface area (TPSA) is 15.3 Å². The SMILES string of the molecule is CCNC1CCC(N(CC)c2ccccc2F)CC1. The number of halogens is 1. The first-order valence-corrected chi connectivity index (χ1v) is 7.50. The number of rotatable bonds is 5. The lowest BCUT2D eigenvalue weighted by molar-refractivity contribution is 0.335. The Hall–Kier alpha value is -1.09. The van der Waals surface area contributed by atoms with Gasteiger partial charge in [-0.25, -0.2) is 4.39 Å². The van der Waals surface area contributed by atoms with Gasteiger partial charge in [-0.15, -0.1) is 0 Å². The van der Waals surface area contributed by atoms with Crippen LogP contribution < -0.4 is 10.2 Å². The minimum absolute atomic E-state index is 0.0989. The number of anilines is 1. The van der Waals surface area contributed by atoms with Crippen molar-refractivity contribution in [2.24, 2.45) is 0 Å². The van der Waals surface area contributed by atoms with Crippen LogP contribution in [0.2, 0.25) is 0 Å². The van der Waals surface area contributed by atoms with Crippen LogP contribution in [-0.4, -0.2) is 25.2 Å². The van der Waals surface area contributed by atoms with Gasteiger partial charge in [-0.2, -0.15) is 0 Å². The molecule has 0 unspecified atom stereocenters. The summed E-state index contributed by atoms with van der Waals surface area (Å²) in [5.74, 6) is -0.0989. The van der Waals surface area contributed by atoms with Crippen molar-refractivity contribution in [1.82, 2.24) is 5.32 Å². The first kappa shape index (κ1) is 14.3. The average Bonchev–Trinajstić information content (AvgIpc) is 2.44. The van der Waals surface area contributed by atoms with E-state index in [-0.39, 0.29) is 5.82 Å². The van der Waals surface area contributed by atoms with Crippen LogP contribution in [0.25, 0.3) is 0 Å². The summed E-state index contributed by atoms with van der Waals surface area (Å²) >= 11 is 0. The second-order valence-electron chi connectivity index (χ2n) is 5.30. The standard InChI is InChI=1S/C16H25FN2/c1-3-18-13-9-11-14(12-10-13)19(4-2)16-8-6-5-7-15(16)17/h5-8,13-14,18H,3-4,9-12H2,1-2H3. The maximum atomic E-state index is 13.9. The molecule has 19 heavy (non-hydrogen) atoms. The molecule has 1 aliphatic rings. The van der Waals surface area contributed by atoms with Crippen LogP contribution in [0.5, 0.6) is 0 Å². The minimum Gasteiger partial charge on any atom is -0.366 e. The zero-order valence-corrected chi connectivity index (χ0v) is 12.0. The van der Waals surface area contributed by atoms with Crippen LogP contribution in [0.1, 0.15) is 39.5 Å². The Kier molecular flexibility index (Phi) is 5.20. The van der Waals surface area contributed by atoms with Crippen molar-refractivity contribution in [3.63, 3.8) is 0 Å². The van der Waals surface area contributed by atoms with Crippen LogP contribution >= 0.6 is 0 Å². The van der Waals surface area contributed by atoms with E-state index in [0.29, 0.717) is 12.1 Å². The van der Waals surface area contributed by atoms with E-state index in [1.54, 1.807) is 12.1 Å². The summed E-state index contributed by atoms with van der Waals surface area (Å²) in [6.07, 6.45) is 4.70. The van der Waals surface area contributed by atoms with Gasteiger partial charge >= 0.3 is 0 Å². The highest BCUT2D eigenvalue weighted by Gasteiger charge is 2.25. The van der Waals surface area contributed by atoms with Crippen LogP contribution in [0.3, 0.4) is 0 Å². The lowest BCUT2D eigenvalue weighted by Crippen LogP contribution is -2.42. The fourth-order valence-electron chi connectivity index (χ4n) is 3.19. The van der Waals surface area contributed by atoms with Gasteiger partial charge in [-0.1, -0.05) is 19.1 Å². The van der Waals surface area contributed by atoms with Gasteiger partial charge in [0.2, 0.25) is 0 Å². The Morgan fingerprint density at radius 3 is 2.42 bits per heavy atom. The van der Waals surface area contributed by atoms with E-state index in [9.17, 15) is 4.39 Å². The zero-order valence-electron chi connectivity index (χ0n) is 12.0. The lowest BCUT2D eigenvalue weighted by Gasteiger charge is -2.38. The van der Waals surface area contributed by atoms with Crippen molar-refractivity contribution >= 4 is 5.69 Å². The molecule has 1 aromatic carbocycles. The average molecular weight is 264 g/mol. The predicted molar refractivity (Wildman–Crippen MR) is 79.1 cm³/mol. The summed E-state index contributed by atoms with van der Waals surface area (Å²) in [5.41, 5.74) is 0.761. The van der Waals surface area contributed by atoms with Gasteiger partial charge in [0.1, 0.15) is 5.82 Å². The number of hydrogen-bond acceptors (Lipinski definition) is 2. The van der Waals surface area contributed by atoms with E-state index in [0.717, 1.165) is 31.6 Å². The van der Waals surface area contributed by atoms with Gasteiger partial charge < -0.3 is 10.2 Å². The predicted octanol–water partition coefficient (Wildman–Crippen LogP) is 3.57. The smallest absolute Gasteiger partial charge is 0.146 e. The molecule has 0 aliphatic heterocycles. The van der Waals surface area contributed by atoms with Gasteiger partial charge in [-0.3, -0.25) is 0 Å². The Labute approximate surface area is 116 Å². The molecular formula is C16H25FN2. The van der Waals surface area contributed by atoms with E-state index in [4.69, 9.17) is 0 Å². The van der Waals surface area contributed by atoms with Crippen LogP contribution in [0, 0.1) is 5.82 Å². The number of nitrogens with one attached hydrogen (secondary N) is 1. The molecule has 0 amide bonds. The van der Waals surface area contributed by atoms with Crippen LogP contribution in [-0.2, 0) is 0 Å². The van der Waals surface area contributed by atoms with Gasteiger partial charge in [0.15, 0.2) is 0 Å². The number of nitrogens with zero attached hydrogens (tertiary/aromatic N) is 1. The van der Waals surface area contributed by atoms with Crippen molar-refractivity contribution in [2.45, 2.75) is 51.6 Å². The summed E-state index contributed by atoms with van der Waals surface area (Å²) < 4.78 is 13.9. The molecule has 3 heteroatoms. The molecule has 1 N–H and O–H groups in total. The van der Waals surface area contributed by atoms with Crippen molar-refractivity contribution in [3.05, 3.63) is 30.1 Å². The van der Waals surface area contributed by atoms with Gasteiger partial charge in [0.05, 0.1) is 5.69 Å². The van der Waals surface area contributed by atoms with Gasteiger partial charge in [0.25, 0.3) is 0 Å². The van der Waals surface area contributed by atoms with Crippen molar-refractivity contribution in [2.75, 3.05) is 18.0 Å². The molecule has 0 aromatic heterocycles. The second kappa shape index (κ2) is 6.90. The summed E-state index contributed by atoms with van der Waals surface area (Å²) in [4.78, 5) is 2.23. The first-order chi connectivity index (χ1) is 9.26. The lowest BCUT2D eigenvalue weighted by atomic mass is 9.89. The molecule has 0 spiro atoms. The van der Waals surface area contributed by atoms with Gasteiger partial charge in [0, 0.05) is 18.6 Å². The highest BCUT2D eigenvalue weighted by molar-refractivity contribution is 5.48. The molecule has 1 aromatic rings. The van der Waals surface area contributed by atoms with E-state index in [2.05, 4.69) is 24.1 Å².